The Bertz CT molecular complexity index is 1230. The molecule has 3 heterocycles. The van der Waals surface area contributed by atoms with Crippen LogP contribution in [0.1, 0.15) is 26.9 Å². The highest BCUT2D eigenvalue weighted by molar-refractivity contribution is 6.39. The average molecular weight is 356 g/mol. The number of benzene rings is 1. The average Bonchev–Trinajstić information content (AvgIpc) is 3.31. The van der Waals surface area contributed by atoms with Gasteiger partial charge in [0.25, 0.3) is 0 Å². The highest BCUT2D eigenvalue weighted by Gasteiger charge is 2.36. The van der Waals surface area contributed by atoms with Crippen molar-refractivity contribution in [1.29, 1.82) is 0 Å². The van der Waals surface area contributed by atoms with E-state index in [2.05, 4.69) is 15.0 Å². The zero-order chi connectivity index (χ0) is 18.5. The van der Waals surface area contributed by atoms with E-state index in [1.54, 1.807) is 0 Å². The molecule has 1 aliphatic rings. The number of aromatic nitrogens is 4. The van der Waals surface area contributed by atoms with Gasteiger partial charge in [0.2, 0.25) is 17.5 Å². The normalized spacial score (nSPS) is 13.4. The lowest BCUT2D eigenvalue weighted by Gasteiger charge is -2.02. The summed E-state index contributed by atoms with van der Waals surface area (Å²) in [4.78, 5) is 37.1. The van der Waals surface area contributed by atoms with Crippen molar-refractivity contribution >= 4 is 28.9 Å². The fourth-order valence-electron chi connectivity index (χ4n) is 3.24. The van der Waals surface area contributed by atoms with Gasteiger partial charge in [0, 0.05) is 31.6 Å². The number of nitrogens with zero attached hydrogens (tertiary/aromatic N) is 4. The maximum Gasteiger partial charge on any atom is 0.222 e. The van der Waals surface area contributed by atoms with E-state index in [0.29, 0.717) is 11.2 Å². The lowest BCUT2D eigenvalue weighted by molar-refractivity contribution is 0.0987. The molecule has 1 aliphatic carbocycles. The molecule has 0 saturated heterocycles. The molecule has 0 atom stereocenters. The van der Waals surface area contributed by atoms with E-state index in [4.69, 9.17) is 4.42 Å². The Morgan fingerprint density at radius 3 is 2.30 bits per heavy atom. The van der Waals surface area contributed by atoms with Crippen LogP contribution in [0.4, 0.5) is 0 Å². The van der Waals surface area contributed by atoms with Gasteiger partial charge in [-0.3, -0.25) is 9.59 Å². The molecule has 0 amide bonds. The molecule has 0 saturated carbocycles. The van der Waals surface area contributed by atoms with Crippen LogP contribution in [0, 0.1) is 0 Å². The molecule has 0 fully saturated rings. The standard InChI is InChI=1S/C20H12N4O3/c1-24-13(11-5-3-2-4-6-11)10-14-20(24)23-15(27-14)9-12-18(25)16-17(19(12)26)22-8-7-21-16/h2-10H,1H3. The molecule has 0 radical (unpaired) electrons. The lowest BCUT2D eigenvalue weighted by Crippen LogP contribution is -2.01. The second kappa shape index (κ2) is 5.57. The van der Waals surface area contributed by atoms with Crippen molar-refractivity contribution in [1.82, 2.24) is 19.5 Å². The van der Waals surface area contributed by atoms with Gasteiger partial charge in [-0.1, -0.05) is 30.3 Å². The molecule has 0 unspecified atom stereocenters. The Labute approximate surface area is 153 Å². The third kappa shape index (κ3) is 2.25. The Hall–Kier alpha value is -3.87. The monoisotopic (exact) mass is 356 g/mol. The van der Waals surface area contributed by atoms with Gasteiger partial charge >= 0.3 is 0 Å². The number of ketones is 2. The van der Waals surface area contributed by atoms with Crippen LogP contribution < -0.4 is 0 Å². The third-order valence-electron chi connectivity index (χ3n) is 4.55. The van der Waals surface area contributed by atoms with Gasteiger partial charge in [-0.15, -0.1) is 0 Å². The first-order valence-electron chi connectivity index (χ1n) is 8.27. The quantitative estimate of drug-likeness (QED) is 0.405. The van der Waals surface area contributed by atoms with Gasteiger partial charge in [0.15, 0.2) is 11.2 Å². The van der Waals surface area contributed by atoms with Crippen LogP contribution >= 0.6 is 0 Å². The largest absolute Gasteiger partial charge is 0.435 e. The summed E-state index contributed by atoms with van der Waals surface area (Å²) >= 11 is 0. The molecule has 7 heteroatoms. The first kappa shape index (κ1) is 15.4. The molecule has 0 spiro atoms. The minimum absolute atomic E-state index is 0.0361. The van der Waals surface area contributed by atoms with Crippen molar-refractivity contribution < 1.29 is 14.0 Å². The van der Waals surface area contributed by atoms with E-state index in [0.717, 1.165) is 11.3 Å². The maximum atomic E-state index is 12.4. The molecule has 5 rings (SSSR count). The first-order chi connectivity index (χ1) is 13.1. The van der Waals surface area contributed by atoms with Crippen molar-refractivity contribution in [2.45, 2.75) is 0 Å². The van der Waals surface area contributed by atoms with Crippen LogP contribution in [0.25, 0.3) is 28.6 Å². The minimum atomic E-state index is -0.463. The Morgan fingerprint density at radius 1 is 1.00 bits per heavy atom. The van der Waals surface area contributed by atoms with Crippen LogP contribution in [0.3, 0.4) is 0 Å². The van der Waals surface area contributed by atoms with Crippen LogP contribution in [-0.4, -0.2) is 31.1 Å². The van der Waals surface area contributed by atoms with Crippen LogP contribution in [-0.2, 0) is 7.05 Å². The number of oxazole rings is 1. The van der Waals surface area contributed by atoms with Crippen molar-refractivity contribution in [3.05, 3.63) is 71.6 Å². The second-order valence-corrected chi connectivity index (χ2v) is 6.16. The summed E-state index contributed by atoms with van der Waals surface area (Å²) < 4.78 is 7.66. The van der Waals surface area contributed by atoms with Crippen molar-refractivity contribution in [2.75, 3.05) is 0 Å². The molecule has 7 nitrogen and oxygen atoms in total. The van der Waals surface area contributed by atoms with Gasteiger partial charge in [0.1, 0.15) is 11.4 Å². The zero-order valence-corrected chi connectivity index (χ0v) is 14.2. The molecule has 4 aromatic rings. The van der Waals surface area contributed by atoms with Crippen molar-refractivity contribution in [3.63, 3.8) is 0 Å². The van der Waals surface area contributed by atoms with E-state index in [1.807, 2.05) is 48.0 Å². The number of aryl methyl sites for hydroxylation is 1. The summed E-state index contributed by atoms with van der Waals surface area (Å²) in [6.45, 7) is 0. The van der Waals surface area contributed by atoms with Gasteiger partial charge < -0.3 is 8.98 Å². The van der Waals surface area contributed by atoms with E-state index in [9.17, 15) is 9.59 Å². The molecule has 130 valence electrons. The Balaban J connectivity index is 1.57. The Morgan fingerprint density at radius 2 is 1.67 bits per heavy atom. The highest BCUT2D eigenvalue weighted by atomic mass is 16.3. The van der Waals surface area contributed by atoms with E-state index in [-0.39, 0.29) is 22.9 Å². The molecule has 0 bridgehead atoms. The molecular formula is C20H12N4O3. The summed E-state index contributed by atoms with van der Waals surface area (Å²) in [7, 11) is 1.89. The number of allylic oxidation sites excluding steroid dienone is 1. The number of Topliss-reactive ketones (excluding diaryl/α,β-unsaturated/α-hetero) is 2. The van der Waals surface area contributed by atoms with E-state index < -0.39 is 11.6 Å². The third-order valence-corrected chi connectivity index (χ3v) is 4.55. The van der Waals surface area contributed by atoms with Gasteiger partial charge in [0.05, 0.1) is 11.3 Å². The molecule has 3 aromatic heterocycles. The topological polar surface area (TPSA) is 90.9 Å². The molecular weight excluding hydrogens is 344 g/mol. The van der Waals surface area contributed by atoms with Gasteiger partial charge in [-0.25, -0.2) is 9.97 Å². The number of fused-ring (bicyclic) bond motifs is 2. The number of rotatable bonds is 2. The fraction of sp³-hybridized carbons (Fsp3) is 0.0500. The predicted octanol–water partition coefficient (Wildman–Crippen LogP) is 3.09. The summed E-state index contributed by atoms with van der Waals surface area (Å²) in [6.07, 6.45) is 4.13. The summed E-state index contributed by atoms with van der Waals surface area (Å²) in [5, 5.41) is 0. The zero-order valence-electron chi connectivity index (χ0n) is 14.2. The van der Waals surface area contributed by atoms with Crippen molar-refractivity contribution in [3.8, 4) is 11.3 Å². The highest BCUT2D eigenvalue weighted by Crippen LogP contribution is 2.29. The smallest absolute Gasteiger partial charge is 0.222 e. The van der Waals surface area contributed by atoms with Crippen LogP contribution in [0.5, 0.6) is 0 Å². The number of carbonyl (C=O) groups excluding carboxylic acids is 2. The lowest BCUT2D eigenvalue weighted by atomic mass is 10.1. The molecule has 0 aliphatic heterocycles. The van der Waals surface area contributed by atoms with Gasteiger partial charge in [-0.05, 0) is 5.56 Å². The predicted molar refractivity (Wildman–Crippen MR) is 97.1 cm³/mol. The van der Waals surface area contributed by atoms with Gasteiger partial charge in [-0.2, -0.15) is 4.98 Å². The minimum Gasteiger partial charge on any atom is -0.435 e. The van der Waals surface area contributed by atoms with E-state index in [1.165, 1.54) is 18.5 Å². The summed E-state index contributed by atoms with van der Waals surface area (Å²) in [5.74, 6) is -0.731. The number of hydrogen-bond donors (Lipinski definition) is 0. The Kier molecular flexibility index (Phi) is 3.17. The maximum absolute atomic E-state index is 12.4. The number of hydrogen-bond acceptors (Lipinski definition) is 6. The molecule has 1 aromatic carbocycles. The summed E-state index contributed by atoms with van der Waals surface area (Å²) in [6, 6.07) is 11.8. The molecule has 0 N–H and O–H groups in total. The summed E-state index contributed by atoms with van der Waals surface area (Å²) in [5.41, 5.74) is 3.31. The van der Waals surface area contributed by atoms with Crippen LogP contribution in [0.15, 0.2) is 58.8 Å². The molecule has 27 heavy (non-hydrogen) atoms. The second-order valence-electron chi connectivity index (χ2n) is 6.16. The fourth-order valence-corrected chi connectivity index (χ4v) is 3.24. The SMILES string of the molecule is Cn1c(-c2ccccc2)cc2oc(C=C3C(=O)c4nccnc4C3=O)nc21. The van der Waals surface area contributed by atoms with Crippen LogP contribution in [0.2, 0.25) is 0 Å². The number of carbonyl (C=O) groups is 2. The van der Waals surface area contributed by atoms with Crippen molar-refractivity contribution in [2.24, 2.45) is 7.05 Å². The van der Waals surface area contributed by atoms with E-state index >= 15 is 0 Å². The first-order valence-corrected chi connectivity index (χ1v) is 8.27.